The zero-order valence-electron chi connectivity index (χ0n) is 20.8. The van der Waals surface area contributed by atoms with Crippen LogP contribution in [0.5, 0.6) is 0 Å². The molecule has 15 heteroatoms. The summed E-state index contributed by atoms with van der Waals surface area (Å²) < 4.78 is 9.41. The van der Waals surface area contributed by atoms with Gasteiger partial charge in [0, 0.05) is 0 Å². The van der Waals surface area contributed by atoms with Gasteiger partial charge in [0.1, 0.15) is 13.2 Å². The zero-order valence-corrected chi connectivity index (χ0v) is 20.8. The number of carboxylic acid groups (broad SMARTS) is 2. The third-order valence-corrected chi connectivity index (χ3v) is 3.58. The molecule has 0 saturated heterocycles. The third kappa shape index (κ3) is 19.8. The fourth-order valence-corrected chi connectivity index (χ4v) is 1.94. The van der Waals surface area contributed by atoms with Crippen LogP contribution in [0.1, 0.15) is 41.4 Å². The number of carboxylic acids is 2. The largest absolute Gasteiger partial charge is 0.478 e. The van der Waals surface area contributed by atoms with Crippen LogP contribution in [-0.4, -0.2) is 123 Å². The van der Waals surface area contributed by atoms with Gasteiger partial charge in [-0.25, -0.2) is 19.2 Å². The summed E-state index contributed by atoms with van der Waals surface area (Å²) in [6.45, 7) is -1.12. The Bertz CT molecular complexity index is 848. The maximum absolute atomic E-state index is 11.4. The summed E-state index contributed by atoms with van der Waals surface area (Å²) >= 11 is 0. The number of aliphatic hydroxyl groups excluding tert-OH is 6. The van der Waals surface area contributed by atoms with E-state index >= 15 is 0 Å². The number of hydrogen-bond acceptors (Lipinski definition) is 12. The van der Waals surface area contributed by atoms with Gasteiger partial charge in [-0.3, -0.25) is 0 Å². The minimum atomic E-state index is -1.06. The van der Waals surface area contributed by atoms with Crippen molar-refractivity contribution < 1.29 is 75.0 Å². The van der Waals surface area contributed by atoms with E-state index in [4.69, 9.17) is 50.3 Å². The number of benzene rings is 2. The number of aliphatic hydroxyl groups is 6. The second-order valence-electron chi connectivity index (χ2n) is 6.38. The number of esters is 2. The summed E-state index contributed by atoms with van der Waals surface area (Å²) in [4.78, 5) is 43.4. The minimum Gasteiger partial charge on any atom is -0.478 e. The Kier molecular flexibility index (Phi) is 26.0. The number of carbonyl (C=O) groups is 4. The Morgan fingerprint density at radius 1 is 0.462 bits per heavy atom. The molecule has 220 valence electrons. The maximum atomic E-state index is 11.4. The van der Waals surface area contributed by atoms with E-state index in [1.165, 1.54) is 48.5 Å². The van der Waals surface area contributed by atoms with Crippen molar-refractivity contribution in [2.24, 2.45) is 0 Å². The average molecular weight is 563 g/mol. The van der Waals surface area contributed by atoms with Gasteiger partial charge >= 0.3 is 23.9 Å². The van der Waals surface area contributed by atoms with E-state index in [1.54, 1.807) is 0 Å². The monoisotopic (exact) mass is 562 g/mol. The van der Waals surface area contributed by atoms with Crippen LogP contribution in [-0.2, 0) is 9.47 Å². The van der Waals surface area contributed by atoms with Gasteiger partial charge in [0.25, 0.3) is 0 Å². The molecule has 2 rings (SSSR count). The van der Waals surface area contributed by atoms with E-state index in [9.17, 15) is 19.2 Å². The molecule has 0 aliphatic heterocycles. The molecule has 0 fully saturated rings. The molecule has 2 aromatic rings. The van der Waals surface area contributed by atoms with Crippen molar-refractivity contribution in [2.45, 2.75) is 0 Å². The van der Waals surface area contributed by atoms with Crippen molar-refractivity contribution in [1.29, 1.82) is 0 Å². The van der Waals surface area contributed by atoms with Gasteiger partial charge in [-0.1, -0.05) is 0 Å². The number of rotatable bonds is 10. The molecule has 0 atom stereocenters. The maximum Gasteiger partial charge on any atom is 0.338 e. The first kappa shape index (κ1) is 39.6. The molecule has 0 aliphatic rings. The summed E-state index contributed by atoms with van der Waals surface area (Å²) in [5, 5.41) is 64.4. The Balaban J connectivity index is -0.000000530. The van der Waals surface area contributed by atoms with Crippen molar-refractivity contribution in [2.75, 3.05) is 52.9 Å². The van der Waals surface area contributed by atoms with E-state index in [-0.39, 0.29) is 80.6 Å². The van der Waals surface area contributed by atoms with Crippen LogP contribution >= 0.6 is 0 Å². The van der Waals surface area contributed by atoms with E-state index in [0.29, 0.717) is 0 Å². The lowest BCUT2D eigenvalue weighted by Gasteiger charge is -2.05. The topological polar surface area (TPSA) is 280 Å². The Hall–Kier alpha value is -3.96. The van der Waals surface area contributed by atoms with Crippen LogP contribution in [0.4, 0.5) is 0 Å². The van der Waals surface area contributed by atoms with Crippen LogP contribution in [0.2, 0.25) is 0 Å². The summed E-state index contributed by atoms with van der Waals surface area (Å²) in [6, 6.07) is 10.7. The van der Waals surface area contributed by atoms with Crippen LogP contribution in [0, 0.1) is 0 Å². The fourth-order valence-electron chi connectivity index (χ4n) is 1.94. The first-order chi connectivity index (χ1) is 18.1. The predicted molar refractivity (Wildman–Crippen MR) is 133 cm³/mol. The van der Waals surface area contributed by atoms with Gasteiger partial charge in [-0.05, 0) is 48.5 Å². The second-order valence-corrected chi connectivity index (χ2v) is 6.38. The first-order valence-corrected chi connectivity index (χ1v) is 10.8. The Labute approximate surface area is 223 Å². The van der Waals surface area contributed by atoms with Crippen molar-refractivity contribution >= 4 is 23.9 Å². The lowest BCUT2D eigenvalue weighted by atomic mass is 10.1. The molecule has 0 unspecified atom stereocenters. The highest BCUT2D eigenvalue weighted by Crippen LogP contribution is 2.07. The highest BCUT2D eigenvalue weighted by atomic mass is 16.5. The third-order valence-electron chi connectivity index (χ3n) is 3.58. The summed E-state index contributed by atoms with van der Waals surface area (Å²) in [5.41, 5.74) is 0.726. The molecule has 0 aliphatic carbocycles. The van der Waals surface area contributed by atoms with Gasteiger partial charge in [0.05, 0.1) is 61.9 Å². The molecule has 15 nitrogen and oxygen atoms in total. The highest BCUT2D eigenvalue weighted by molar-refractivity contribution is 5.93. The highest BCUT2D eigenvalue weighted by Gasteiger charge is 2.10. The van der Waals surface area contributed by atoms with Crippen LogP contribution < -0.4 is 0 Å². The van der Waals surface area contributed by atoms with E-state index in [2.05, 4.69) is 0 Å². The van der Waals surface area contributed by atoms with Crippen LogP contribution in [0.3, 0.4) is 0 Å². The van der Waals surface area contributed by atoms with Crippen LogP contribution in [0.15, 0.2) is 48.5 Å². The molecule has 39 heavy (non-hydrogen) atoms. The van der Waals surface area contributed by atoms with Gasteiger partial charge < -0.3 is 55.8 Å². The number of aromatic carboxylic acids is 2. The van der Waals surface area contributed by atoms with E-state index in [0.717, 1.165) is 0 Å². The molecule has 0 heterocycles. The SMILES string of the molecule is O.O=C(O)c1ccc(C(=O)O)cc1.O=C(OCCO)c1ccc(C(=O)OCCO)cc1.OCCO.OCCO. The number of carbonyl (C=O) groups excluding carboxylic acids is 2. The zero-order chi connectivity index (χ0) is 29.3. The van der Waals surface area contributed by atoms with Crippen molar-refractivity contribution in [3.05, 3.63) is 70.8 Å². The predicted octanol–water partition coefficient (Wildman–Crippen LogP) is -1.81. The van der Waals surface area contributed by atoms with E-state index < -0.39 is 23.9 Å². The van der Waals surface area contributed by atoms with E-state index in [1.807, 2.05) is 0 Å². The van der Waals surface area contributed by atoms with Gasteiger partial charge in [0.15, 0.2) is 0 Å². The first-order valence-electron chi connectivity index (χ1n) is 10.8. The average Bonchev–Trinajstić information content (AvgIpc) is 2.95. The molecule has 0 aromatic heterocycles. The molecule has 10 N–H and O–H groups in total. The number of hydrogen-bond donors (Lipinski definition) is 8. The lowest BCUT2D eigenvalue weighted by molar-refractivity contribution is 0.0422. The molecule has 2 aromatic carbocycles. The van der Waals surface area contributed by atoms with Crippen molar-refractivity contribution in [3.63, 3.8) is 0 Å². The smallest absolute Gasteiger partial charge is 0.338 e. The fraction of sp³-hybridized carbons (Fsp3) is 0.333. The molecular weight excluding hydrogens is 528 g/mol. The molecular formula is C24H34O15. The Morgan fingerprint density at radius 3 is 0.872 bits per heavy atom. The minimum absolute atomic E-state index is 0. The summed E-state index contributed by atoms with van der Waals surface area (Å²) in [5.74, 6) is -3.27. The second kappa shape index (κ2) is 25.7. The standard InChI is InChI=1S/C12H14O6.C8H6O4.2C2H6O2.H2O/c13-5-7-17-11(15)9-1-2-10(4-3-9)12(16)18-8-6-14;9-7(10)5-1-2-6(4-3-5)8(11)12;2*3-1-2-4;/h1-4,13-14H,5-8H2;1-4H,(H,9,10)(H,11,12);2*3-4H,1-2H2;1H2. The summed E-state index contributed by atoms with van der Waals surface area (Å²) in [7, 11) is 0. The quantitative estimate of drug-likeness (QED) is 0.148. The normalized spacial score (nSPS) is 8.97. The van der Waals surface area contributed by atoms with Gasteiger partial charge in [-0.15, -0.1) is 0 Å². The van der Waals surface area contributed by atoms with Crippen molar-refractivity contribution in [1.82, 2.24) is 0 Å². The van der Waals surface area contributed by atoms with Crippen LogP contribution in [0.25, 0.3) is 0 Å². The summed E-state index contributed by atoms with van der Waals surface area (Å²) in [6.07, 6.45) is 0. The van der Waals surface area contributed by atoms with Gasteiger partial charge in [0.2, 0.25) is 0 Å². The molecule has 0 amide bonds. The Morgan fingerprint density at radius 2 is 0.692 bits per heavy atom. The number of ether oxygens (including phenoxy) is 2. The molecule has 0 saturated carbocycles. The lowest BCUT2D eigenvalue weighted by Crippen LogP contribution is -2.11. The molecule has 0 spiro atoms. The molecule has 0 bridgehead atoms. The van der Waals surface area contributed by atoms with Gasteiger partial charge in [-0.2, -0.15) is 0 Å². The molecule has 0 radical (unpaired) electrons. The van der Waals surface area contributed by atoms with Crippen molar-refractivity contribution in [3.8, 4) is 0 Å².